The summed E-state index contributed by atoms with van der Waals surface area (Å²) in [6.45, 7) is 1.96. The van der Waals surface area contributed by atoms with Crippen LogP contribution in [0.1, 0.15) is 27.7 Å². The highest BCUT2D eigenvalue weighted by Gasteiger charge is 2.33. The quantitative estimate of drug-likeness (QED) is 0.845. The first-order valence-corrected chi connectivity index (χ1v) is 8.58. The largest absolute Gasteiger partial charge is 0.373 e. The number of nitrogens with zero attached hydrogens (tertiary/aromatic N) is 4. The van der Waals surface area contributed by atoms with E-state index in [-0.39, 0.29) is 23.7 Å². The molecule has 6 nitrogen and oxygen atoms in total. The Morgan fingerprint density at radius 2 is 2.15 bits per heavy atom. The maximum absolute atomic E-state index is 12.7. The summed E-state index contributed by atoms with van der Waals surface area (Å²) in [5.41, 5.74) is 1.87. The monoisotopic (exact) mass is 350 g/mol. The minimum Gasteiger partial charge on any atom is -0.373 e. The summed E-state index contributed by atoms with van der Waals surface area (Å²) < 4.78 is 6.02. The number of morpholine rings is 1. The van der Waals surface area contributed by atoms with Gasteiger partial charge >= 0.3 is 0 Å². The maximum Gasteiger partial charge on any atom is 0.253 e. The number of aromatic nitrogens is 1. The molecule has 1 aromatic carbocycles. The van der Waals surface area contributed by atoms with Crippen LogP contribution in [0.5, 0.6) is 0 Å². The molecular formula is C20H22N4O2. The molecular weight excluding hydrogens is 328 g/mol. The van der Waals surface area contributed by atoms with Gasteiger partial charge in [-0.3, -0.25) is 9.69 Å². The predicted octanol–water partition coefficient (Wildman–Crippen LogP) is 2.10. The van der Waals surface area contributed by atoms with Crippen LogP contribution in [0.25, 0.3) is 0 Å². The number of nitriles is 1. The van der Waals surface area contributed by atoms with E-state index in [1.165, 1.54) is 17.8 Å². The average molecular weight is 350 g/mol. The highest BCUT2D eigenvalue weighted by molar-refractivity contribution is 5.94. The van der Waals surface area contributed by atoms with Crippen LogP contribution in [0.4, 0.5) is 0 Å². The zero-order valence-electron chi connectivity index (χ0n) is 15.0. The number of hydrogen-bond acceptors (Lipinski definition) is 5. The van der Waals surface area contributed by atoms with E-state index in [1.54, 1.807) is 18.0 Å². The van der Waals surface area contributed by atoms with Gasteiger partial charge < -0.3 is 9.64 Å². The first kappa shape index (κ1) is 18.1. The second-order valence-electron chi connectivity index (χ2n) is 6.47. The minimum atomic E-state index is -0.146. The molecule has 134 valence electrons. The molecule has 1 amide bonds. The number of benzene rings is 1. The van der Waals surface area contributed by atoms with Crippen molar-refractivity contribution in [3.05, 3.63) is 65.5 Å². The lowest BCUT2D eigenvalue weighted by atomic mass is 9.98. The lowest BCUT2D eigenvalue weighted by molar-refractivity contribution is -0.0707. The molecule has 1 aromatic heterocycles. The smallest absolute Gasteiger partial charge is 0.253 e. The molecule has 0 unspecified atom stereocenters. The molecule has 1 saturated heterocycles. The number of carbonyl (C=O) groups is 1. The van der Waals surface area contributed by atoms with Gasteiger partial charge in [0.25, 0.3) is 5.91 Å². The molecule has 2 heterocycles. The molecule has 0 spiro atoms. The van der Waals surface area contributed by atoms with Crippen LogP contribution in [0.15, 0.2) is 48.7 Å². The number of carbonyl (C=O) groups excluding carboxylic acids is 1. The highest BCUT2D eigenvalue weighted by Crippen LogP contribution is 2.28. The normalized spacial score (nSPS) is 20.3. The van der Waals surface area contributed by atoms with Crippen LogP contribution in [0.2, 0.25) is 0 Å². The van der Waals surface area contributed by atoms with Gasteiger partial charge in [0.2, 0.25) is 0 Å². The van der Waals surface area contributed by atoms with Crippen LogP contribution < -0.4 is 0 Å². The standard InChI is InChI=1S/C20H22N4O2/c1-23-10-11-26-18(19(23)15-6-4-3-5-7-15)14-24(2)20(25)16-8-9-22-17(12-16)13-21/h3-9,12,18-19H,10-11,14H2,1-2H3/t18-,19-/m0/s1. The molecule has 0 radical (unpaired) electrons. The van der Waals surface area contributed by atoms with Gasteiger partial charge in [-0.15, -0.1) is 0 Å². The molecule has 1 fully saturated rings. The number of hydrogen-bond donors (Lipinski definition) is 0. The van der Waals surface area contributed by atoms with Crippen molar-refractivity contribution >= 4 is 5.91 Å². The van der Waals surface area contributed by atoms with Crippen molar-refractivity contribution in [2.75, 3.05) is 33.8 Å². The van der Waals surface area contributed by atoms with E-state index < -0.39 is 0 Å². The van der Waals surface area contributed by atoms with Gasteiger partial charge in [-0.05, 0) is 24.7 Å². The fraction of sp³-hybridized carbons (Fsp3) is 0.350. The summed E-state index contributed by atoms with van der Waals surface area (Å²) in [6, 6.07) is 15.4. The fourth-order valence-corrected chi connectivity index (χ4v) is 3.33. The van der Waals surface area contributed by atoms with Gasteiger partial charge in [-0.1, -0.05) is 30.3 Å². The lowest BCUT2D eigenvalue weighted by Crippen LogP contribution is -2.48. The van der Waals surface area contributed by atoms with E-state index in [0.717, 1.165) is 6.54 Å². The van der Waals surface area contributed by atoms with Gasteiger partial charge in [0, 0.05) is 31.9 Å². The van der Waals surface area contributed by atoms with Gasteiger partial charge in [-0.2, -0.15) is 5.26 Å². The van der Waals surface area contributed by atoms with Crippen molar-refractivity contribution in [3.8, 4) is 6.07 Å². The molecule has 26 heavy (non-hydrogen) atoms. The third-order valence-corrected chi connectivity index (χ3v) is 4.67. The Morgan fingerprint density at radius 3 is 2.88 bits per heavy atom. The second kappa shape index (κ2) is 8.09. The van der Waals surface area contributed by atoms with Gasteiger partial charge in [0.1, 0.15) is 11.8 Å². The van der Waals surface area contributed by atoms with E-state index in [4.69, 9.17) is 10.00 Å². The molecule has 0 N–H and O–H groups in total. The van der Waals surface area contributed by atoms with Crippen LogP contribution >= 0.6 is 0 Å². The van der Waals surface area contributed by atoms with Crippen LogP contribution in [0.3, 0.4) is 0 Å². The third-order valence-electron chi connectivity index (χ3n) is 4.67. The lowest BCUT2D eigenvalue weighted by Gasteiger charge is -2.40. The van der Waals surface area contributed by atoms with Crippen LogP contribution in [-0.4, -0.2) is 60.6 Å². The van der Waals surface area contributed by atoms with Crippen molar-refractivity contribution in [1.29, 1.82) is 5.26 Å². The summed E-state index contributed by atoms with van der Waals surface area (Å²) in [5.74, 6) is -0.146. The number of rotatable bonds is 4. The Labute approximate surface area is 153 Å². The predicted molar refractivity (Wildman–Crippen MR) is 97.5 cm³/mol. The van der Waals surface area contributed by atoms with E-state index in [9.17, 15) is 4.79 Å². The Morgan fingerprint density at radius 1 is 1.38 bits per heavy atom. The van der Waals surface area contributed by atoms with Crippen molar-refractivity contribution in [2.24, 2.45) is 0 Å². The Balaban J connectivity index is 1.77. The van der Waals surface area contributed by atoms with Crippen molar-refractivity contribution in [2.45, 2.75) is 12.1 Å². The summed E-state index contributed by atoms with van der Waals surface area (Å²) in [4.78, 5) is 20.6. The molecule has 2 atom stereocenters. The molecule has 1 aliphatic heterocycles. The van der Waals surface area contributed by atoms with Gasteiger partial charge in [-0.25, -0.2) is 4.98 Å². The molecule has 0 saturated carbocycles. The maximum atomic E-state index is 12.7. The third kappa shape index (κ3) is 3.90. The summed E-state index contributed by atoms with van der Waals surface area (Å²) >= 11 is 0. The SMILES string of the molecule is CN(C[C@@H]1OCCN(C)[C@H]1c1ccccc1)C(=O)c1ccnc(C#N)c1. The summed E-state index contributed by atoms with van der Waals surface area (Å²) in [6.07, 6.45) is 1.36. The van der Waals surface area contributed by atoms with Crippen molar-refractivity contribution in [3.63, 3.8) is 0 Å². The number of ether oxygens (including phenoxy) is 1. The van der Waals surface area contributed by atoms with Gasteiger partial charge in [0.15, 0.2) is 0 Å². The molecule has 1 aliphatic rings. The molecule has 0 bridgehead atoms. The molecule has 2 aromatic rings. The van der Waals surface area contributed by atoms with Gasteiger partial charge in [0.05, 0.1) is 18.8 Å². The summed E-state index contributed by atoms with van der Waals surface area (Å²) in [7, 11) is 3.84. The first-order valence-electron chi connectivity index (χ1n) is 8.58. The second-order valence-corrected chi connectivity index (χ2v) is 6.47. The number of amides is 1. The average Bonchev–Trinajstić information content (AvgIpc) is 2.68. The molecule has 6 heteroatoms. The highest BCUT2D eigenvalue weighted by atomic mass is 16.5. The Kier molecular flexibility index (Phi) is 5.61. The van der Waals surface area contributed by atoms with E-state index in [1.807, 2.05) is 24.3 Å². The Hall–Kier alpha value is -2.75. The fourth-order valence-electron chi connectivity index (χ4n) is 3.33. The van der Waals surface area contributed by atoms with E-state index in [2.05, 4.69) is 29.1 Å². The number of pyridine rings is 1. The molecule has 3 rings (SSSR count). The molecule has 0 aliphatic carbocycles. The van der Waals surface area contributed by atoms with Crippen molar-refractivity contribution < 1.29 is 9.53 Å². The first-order chi connectivity index (χ1) is 12.6. The number of likely N-dealkylation sites (N-methyl/N-ethyl adjacent to an activating group) is 2. The zero-order chi connectivity index (χ0) is 18.5. The summed E-state index contributed by atoms with van der Waals surface area (Å²) in [5, 5.41) is 8.97. The topological polar surface area (TPSA) is 69.5 Å². The minimum absolute atomic E-state index is 0.0901. The van der Waals surface area contributed by atoms with Crippen LogP contribution in [-0.2, 0) is 4.74 Å². The van der Waals surface area contributed by atoms with Crippen molar-refractivity contribution in [1.82, 2.24) is 14.8 Å². The Bertz CT molecular complexity index is 803. The van der Waals surface area contributed by atoms with Crippen LogP contribution in [0, 0.1) is 11.3 Å². The zero-order valence-corrected chi connectivity index (χ0v) is 15.0. The van der Waals surface area contributed by atoms with E-state index >= 15 is 0 Å². The van der Waals surface area contributed by atoms with E-state index in [0.29, 0.717) is 18.7 Å².